The van der Waals surface area contributed by atoms with Crippen molar-refractivity contribution in [1.82, 2.24) is 5.32 Å². The Morgan fingerprint density at radius 1 is 0.929 bits per heavy atom. The molecule has 0 heterocycles. The third-order valence-electron chi connectivity index (χ3n) is 3.67. The predicted molar refractivity (Wildman–Crippen MR) is 118 cm³/mol. The van der Waals surface area contributed by atoms with Gasteiger partial charge in [0.25, 0.3) is 0 Å². The van der Waals surface area contributed by atoms with Gasteiger partial charge in [0, 0.05) is 13.0 Å². The maximum Gasteiger partial charge on any atom is 0.220 e. The molecule has 0 fully saturated rings. The molecule has 0 spiro atoms. The molecule has 0 aliphatic heterocycles. The van der Waals surface area contributed by atoms with Gasteiger partial charge in [-0.05, 0) is 55.4 Å². The molecule has 0 unspecified atom stereocenters. The lowest BCUT2D eigenvalue weighted by Crippen LogP contribution is -2.25. The number of nitrogens with zero attached hydrogens (tertiary/aromatic N) is 2. The number of carbonyl (C=O) groups is 1. The second-order valence-electron chi connectivity index (χ2n) is 6.15. The van der Waals surface area contributed by atoms with Crippen LogP contribution in [0.25, 0.3) is 10.4 Å². The predicted octanol–water partition coefficient (Wildman–Crippen LogP) is 6.12. The molecular formula is C22H38N4O2. The summed E-state index contributed by atoms with van der Waals surface area (Å²) in [5.41, 5.74) is 12.2. The largest absolute Gasteiger partial charge is 0.395 e. The van der Waals surface area contributed by atoms with E-state index >= 15 is 0 Å². The number of aliphatic hydroxyl groups is 1. The summed E-state index contributed by atoms with van der Waals surface area (Å²) in [4.78, 5) is 13.0. The van der Waals surface area contributed by atoms with Crippen molar-refractivity contribution in [3.05, 3.63) is 59.1 Å². The lowest BCUT2D eigenvalue weighted by Gasteiger charge is -2.00. The first-order valence-electron chi connectivity index (χ1n) is 10.2. The quantitative estimate of drug-likeness (QED) is 0.0970. The molecule has 0 rings (SSSR count). The van der Waals surface area contributed by atoms with Crippen LogP contribution in [0.15, 0.2) is 48.6 Å². The van der Waals surface area contributed by atoms with Gasteiger partial charge in [0.05, 0.1) is 6.61 Å². The van der Waals surface area contributed by atoms with Crippen LogP contribution in [0.4, 0.5) is 0 Å². The van der Waals surface area contributed by atoms with Crippen LogP contribution in [-0.2, 0) is 4.79 Å². The van der Waals surface area contributed by atoms with Crippen LogP contribution in [0.1, 0.15) is 71.1 Å². The average Bonchev–Trinajstić information content (AvgIpc) is 2.69. The number of amides is 1. The molecule has 0 bridgehead atoms. The van der Waals surface area contributed by atoms with E-state index in [4.69, 9.17) is 16.2 Å². The summed E-state index contributed by atoms with van der Waals surface area (Å²) in [6.45, 7) is 2.59. The van der Waals surface area contributed by atoms with E-state index in [1.54, 1.807) is 4.91 Å². The highest BCUT2D eigenvalue weighted by Gasteiger charge is 1.97. The van der Waals surface area contributed by atoms with Crippen molar-refractivity contribution in [3.63, 3.8) is 0 Å². The summed E-state index contributed by atoms with van der Waals surface area (Å²) in [5.74, 6) is 0.0185. The number of nitrogens with one attached hydrogen (secondary N) is 2. The fraction of sp³-hybridized carbons (Fsp3) is 0.591. The highest BCUT2D eigenvalue weighted by Crippen LogP contribution is 2.01. The van der Waals surface area contributed by atoms with E-state index in [1.165, 1.54) is 25.7 Å². The fourth-order valence-electron chi connectivity index (χ4n) is 2.23. The summed E-state index contributed by atoms with van der Waals surface area (Å²) >= 11 is 0. The molecule has 0 aromatic carbocycles. The summed E-state index contributed by atoms with van der Waals surface area (Å²) in [6.07, 6.45) is 28.0. The zero-order valence-electron chi connectivity index (χ0n) is 17.4. The standard InChI is InChI=1S/C22H37NO2.HN3/c1-2-3-4-5-6-7-8-9-10-11-12-13-14-15-16-17-18-19-22(25)23-20-21-24;1-3-2/h6-7,9-10,12-13,15-16,24H,2-5,8,11,14,17-21H2,1H3,(H,23,25);1H. The molecular weight excluding hydrogens is 352 g/mol. The first-order chi connectivity index (χ1) is 13.7. The molecule has 0 saturated heterocycles. The Morgan fingerprint density at radius 2 is 1.39 bits per heavy atom. The second-order valence-corrected chi connectivity index (χ2v) is 6.15. The van der Waals surface area contributed by atoms with Gasteiger partial charge in [-0.1, -0.05) is 68.4 Å². The zero-order chi connectivity index (χ0) is 21.1. The Bertz CT molecular complexity index is 491. The lowest BCUT2D eigenvalue weighted by atomic mass is 10.2. The van der Waals surface area contributed by atoms with Crippen LogP contribution in [0.2, 0.25) is 0 Å². The number of unbranched alkanes of at least 4 members (excludes halogenated alkanes) is 4. The first-order valence-corrected chi connectivity index (χ1v) is 10.2. The molecule has 6 nitrogen and oxygen atoms in total. The van der Waals surface area contributed by atoms with Crippen LogP contribution in [0, 0.1) is 5.53 Å². The Hall–Kier alpha value is -2.30. The van der Waals surface area contributed by atoms with E-state index in [0.29, 0.717) is 13.0 Å². The van der Waals surface area contributed by atoms with E-state index in [-0.39, 0.29) is 12.5 Å². The van der Waals surface area contributed by atoms with Crippen LogP contribution in [0.5, 0.6) is 0 Å². The van der Waals surface area contributed by atoms with E-state index in [0.717, 1.165) is 32.1 Å². The molecule has 0 aromatic heterocycles. The minimum absolute atomic E-state index is 0.00289. The van der Waals surface area contributed by atoms with Crippen LogP contribution >= 0.6 is 0 Å². The van der Waals surface area contributed by atoms with Crippen molar-refractivity contribution in [3.8, 4) is 0 Å². The van der Waals surface area contributed by atoms with Crippen molar-refractivity contribution in [2.45, 2.75) is 71.1 Å². The van der Waals surface area contributed by atoms with Gasteiger partial charge in [-0.2, -0.15) is 0 Å². The molecule has 0 aliphatic carbocycles. The van der Waals surface area contributed by atoms with Gasteiger partial charge >= 0.3 is 0 Å². The Kier molecular flexibility index (Phi) is 26.8. The first kappa shape index (κ1) is 27.9. The lowest BCUT2D eigenvalue weighted by molar-refractivity contribution is -0.121. The Labute approximate surface area is 170 Å². The van der Waals surface area contributed by atoms with Gasteiger partial charge in [-0.25, -0.2) is 0 Å². The monoisotopic (exact) mass is 390 g/mol. The van der Waals surface area contributed by atoms with Crippen molar-refractivity contribution in [1.29, 1.82) is 5.53 Å². The van der Waals surface area contributed by atoms with E-state index in [2.05, 4.69) is 60.8 Å². The number of hydrogen-bond acceptors (Lipinski definition) is 3. The second kappa shape index (κ2) is 26.9. The topological polar surface area (TPSA) is 110 Å². The van der Waals surface area contributed by atoms with E-state index in [9.17, 15) is 4.79 Å². The van der Waals surface area contributed by atoms with Crippen molar-refractivity contribution < 1.29 is 9.90 Å². The number of aliphatic hydroxyl groups excluding tert-OH is 1. The molecule has 0 atom stereocenters. The number of hydrogen-bond donors (Lipinski definition) is 3. The summed E-state index contributed by atoms with van der Waals surface area (Å²) in [6, 6.07) is 0. The van der Waals surface area contributed by atoms with Gasteiger partial charge in [-0.15, -0.1) is 5.53 Å². The summed E-state index contributed by atoms with van der Waals surface area (Å²) < 4.78 is 0. The molecule has 3 N–H and O–H groups in total. The summed E-state index contributed by atoms with van der Waals surface area (Å²) in [7, 11) is 0. The number of carbonyl (C=O) groups excluding carboxylic acids is 1. The minimum Gasteiger partial charge on any atom is -0.395 e. The average molecular weight is 391 g/mol. The highest BCUT2D eigenvalue weighted by atomic mass is 16.3. The molecule has 6 heteroatoms. The van der Waals surface area contributed by atoms with Crippen LogP contribution < -0.4 is 5.32 Å². The van der Waals surface area contributed by atoms with Crippen LogP contribution in [0.3, 0.4) is 0 Å². The van der Waals surface area contributed by atoms with E-state index in [1.807, 2.05) is 0 Å². The Morgan fingerprint density at radius 3 is 1.86 bits per heavy atom. The van der Waals surface area contributed by atoms with Gasteiger partial charge in [0.15, 0.2) is 0 Å². The molecule has 0 aromatic rings. The zero-order valence-corrected chi connectivity index (χ0v) is 17.4. The third-order valence-corrected chi connectivity index (χ3v) is 3.67. The highest BCUT2D eigenvalue weighted by molar-refractivity contribution is 5.75. The smallest absolute Gasteiger partial charge is 0.220 e. The van der Waals surface area contributed by atoms with Crippen molar-refractivity contribution in [2.75, 3.05) is 13.2 Å². The minimum atomic E-state index is 0.00289. The molecule has 158 valence electrons. The maximum atomic E-state index is 11.3. The van der Waals surface area contributed by atoms with Crippen molar-refractivity contribution >= 4 is 5.91 Å². The van der Waals surface area contributed by atoms with Gasteiger partial charge < -0.3 is 10.4 Å². The molecule has 0 radical (unpaired) electrons. The van der Waals surface area contributed by atoms with Crippen LogP contribution in [-0.4, -0.2) is 24.2 Å². The van der Waals surface area contributed by atoms with Crippen molar-refractivity contribution in [2.24, 2.45) is 0 Å². The maximum absolute atomic E-state index is 11.3. The van der Waals surface area contributed by atoms with E-state index < -0.39 is 0 Å². The number of rotatable bonds is 16. The number of allylic oxidation sites excluding steroid dienone is 8. The van der Waals surface area contributed by atoms with Gasteiger partial charge in [-0.3, -0.25) is 4.79 Å². The normalized spacial score (nSPS) is 11.2. The fourth-order valence-corrected chi connectivity index (χ4v) is 2.23. The molecule has 28 heavy (non-hydrogen) atoms. The molecule has 1 amide bonds. The van der Waals surface area contributed by atoms with Gasteiger partial charge in [0.2, 0.25) is 5.91 Å². The molecule has 0 saturated carbocycles. The Balaban J connectivity index is 0. The molecule has 0 aliphatic rings. The van der Waals surface area contributed by atoms with Gasteiger partial charge in [0.1, 0.15) is 0 Å². The third kappa shape index (κ3) is 28.5. The SMILES string of the molecule is CCCCCC=CCC=CCC=CCC=CCCCC(=O)NCCO.[N-]=[N+]=N. The summed E-state index contributed by atoms with van der Waals surface area (Å²) in [5, 5.41) is 11.2.